The molecular formula is C22H25NO3. The van der Waals surface area contributed by atoms with Crippen LogP contribution in [-0.2, 0) is 19.3 Å². The average Bonchev–Trinajstić information content (AvgIpc) is 2.65. The second-order valence-corrected chi connectivity index (χ2v) is 7.94. The molecule has 0 spiro atoms. The first-order chi connectivity index (χ1) is 12.5. The van der Waals surface area contributed by atoms with Crippen molar-refractivity contribution in [2.45, 2.75) is 58.0 Å². The van der Waals surface area contributed by atoms with Crippen LogP contribution in [0, 0.1) is 4.91 Å². The van der Waals surface area contributed by atoms with Crippen molar-refractivity contribution >= 4 is 5.69 Å². The van der Waals surface area contributed by atoms with Crippen LogP contribution >= 0.6 is 0 Å². The molecule has 26 heavy (non-hydrogen) atoms. The molecule has 2 aliphatic heterocycles. The van der Waals surface area contributed by atoms with E-state index >= 15 is 0 Å². The summed E-state index contributed by atoms with van der Waals surface area (Å²) in [6.45, 7) is 6.92. The Morgan fingerprint density at radius 2 is 2.08 bits per heavy atom. The zero-order valence-corrected chi connectivity index (χ0v) is 15.7. The van der Waals surface area contributed by atoms with E-state index in [4.69, 9.17) is 9.47 Å². The van der Waals surface area contributed by atoms with E-state index in [0.717, 1.165) is 48.3 Å². The van der Waals surface area contributed by atoms with Crippen molar-refractivity contribution in [2.24, 2.45) is 5.18 Å². The van der Waals surface area contributed by atoms with Gasteiger partial charge in [-0.3, -0.25) is 0 Å². The summed E-state index contributed by atoms with van der Waals surface area (Å²) >= 11 is 0. The SMILES string of the molecule is CCc1ccc(C2COc3c(ccc4c3CCC(C)(C)O4)C2)cc1N=O. The van der Waals surface area contributed by atoms with Crippen molar-refractivity contribution in [3.05, 3.63) is 57.5 Å². The Labute approximate surface area is 154 Å². The average molecular weight is 351 g/mol. The van der Waals surface area contributed by atoms with E-state index in [-0.39, 0.29) is 11.5 Å². The number of aryl methyl sites for hydroxylation is 1. The van der Waals surface area contributed by atoms with Gasteiger partial charge >= 0.3 is 0 Å². The minimum atomic E-state index is -0.113. The van der Waals surface area contributed by atoms with Gasteiger partial charge in [0.05, 0.1) is 6.61 Å². The zero-order chi connectivity index (χ0) is 18.3. The van der Waals surface area contributed by atoms with Gasteiger partial charge in [0.2, 0.25) is 0 Å². The standard InChI is InChI=1S/C22H25NO3/c1-4-14-5-6-15(12-19(14)23-24)17-11-16-7-8-20-18(21(16)25-13-17)9-10-22(2,3)26-20/h5-8,12,17H,4,9-11,13H2,1-3H3. The Bertz CT molecular complexity index is 857. The smallest absolute Gasteiger partial charge is 0.129 e. The van der Waals surface area contributed by atoms with Gasteiger partial charge in [-0.05, 0) is 73.5 Å². The molecule has 1 atom stereocenters. The van der Waals surface area contributed by atoms with E-state index in [1.807, 2.05) is 19.1 Å². The number of ether oxygens (including phenoxy) is 2. The fraction of sp³-hybridized carbons (Fsp3) is 0.455. The minimum absolute atomic E-state index is 0.113. The highest BCUT2D eigenvalue weighted by atomic mass is 16.5. The third-order valence-electron chi connectivity index (χ3n) is 5.62. The van der Waals surface area contributed by atoms with Crippen LogP contribution in [0.5, 0.6) is 11.5 Å². The lowest BCUT2D eigenvalue weighted by molar-refractivity contribution is 0.0827. The molecule has 2 heterocycles. The quantitative estimate of drug-likeness (QED) is 0.689. The van der Waals surface area contributed by atoms with Gasteiger partial charge in [-0.25, -0.2) is 0 Å². The molecule has 4 rings (SSSR count). The lowest BCUT2D eigenvalue weighted by atomic mass is 9.86. The van der Waals surface area contributed by atoms with Gasteiger partial charge in [0.1, 0.15) is 22.8 Å². The van der Waals surface area contributed by atoms with Crippen LogP contribution in [0.3, 0.4) is 0 Å². The molecule has 2 aliphatic rings. The number of fused-ring (bicyclic) bond motifs is 3. The normalized spacial score (nSPS) is 20.3. The highest BCUT2D eigenvalue weighted by Crippen LogP contribution is 2.44. The van der Waals surface area contributed by atoms with Gasteiger partial charge in [0.25, 0.3) is 0 Å². The number of benzene rings is 2. The summed E-state index contributed by atoms with van der Waals surface area (Å²) in [5.41, 5.74) is 4.99. The number of nitrogens with zero attached hydrogens (tertiary/aromatic N) is 1. The predicted octanol–water partition coefficient (Wildman–Crippen LogP) is 5.47. The van der Waals surface area contributed by atoms with Crippen LogP contribution in [0.25, 0.3) is 0 Å². The topological polar surface area (TPSA) is 47.9 Å². The van der Waals surface area contributed by atoms with Crippen LogP contribution in [0.4, 0.5) is 5.69 Å². The molecule has 0 radical (unpaired) electrons. The third-order valence-corrected chi connectivity index (χ3v) is 5.62. The van der Waals surface area contributed by atoms with E-state index in [2.05, 4.69) is 37.2 Å². The first-order valence-corrected chi connectivity index (χ1v) is 9.43. The monoisotopic (exact) mass is 351 g/mol. The van der Waals surface area contributed by atoms with Crippen molar-refractivity contribution in [2.75, 3.05) is 6.61 Å². The maximum Gasteiger partial charge on any atom is 0.129 e. The molecule has 2 aromatic rings. The largest absolute Gasteiger partial charge is 0.492 e. The van der Waals surface area contributed by atoms with E-state index < -0.39 is 0 Å². The molecule has 1 unspecified atom stereocenters. The van der Waals surface area contributed by atoms with Gasteiger partial charge in [0.15, 0.2) is 0 Å². The van der Waals surface area contributed by atoms with Crippen LogP contribution in [-0.4, -0.2) is 12.2 Å². The highest BCUT2D eigenvalue weighted by Gasteiger charge is 2.32. The van der Waals surface area contributed by atoms with E-state index in [9.17, 15) is 4.91 Å². The second-order valence-electron chi connectivity index (χ2n) is 7.94. The summed E-state index contributed by atoms with van der Waals surface area (Å²) in [6.07, 6.45) is 3.71. The summed E-state index contributed by atoms with van der Waals surface area (Å²) in [6, 6.07) is 10.3. The molecule has 4 heteroatoms. The van der Waals surface area contributed by atoms with Gasteiger partial charge in [-0.15, -0.1) is 4.91 Å². The Hall–Kier alpha value is -2.36. The van der Waals surface area contributed by atoms with Crippen molar-refractivity contribution < 1.29 is 9.47 Å². The minimum Gasteiger partial charge on any atom is -0.492 e. The summed E-state index contributed by atoms with van der Waals surface area (Å²) < 4.78 is 12.3. The third kappa shape index (κ3) is 2.98. The van der Waals surface area contributed by atoms with Crippen LogP contribution in [0.1, 0.15) is 55.4 Å². The molecule has 2 aromatic carbocycles. The number of rotatable bonds is 3. The first-order valence-electron chi connectivity index (χ1n) is 9.43. The van der Waals surface area contributed by atoms with Gasteiger partial charge in [-0.2, -0.15) is 0 Å². The van der Waals surface area contributed by atoms with Crippen LogP contribution < -0.4 is 9.47 Å². The maximum absolute atomic E-state index is 11.1. The van der Waals surface area contributed by atoms with Gasteiger partial charge < -0.3 is 9.47 Å². The molecule has 136 valence electrons. The zero-order valence-electron chi connectivity index (χ0n) is 15.7. The molecular weight excluding hydrogens is 326 g/mol. The van der Waals surface area contributed by atoms with Gasteiger partial charge in [0, 0.05) is 11.5 Å². The maximum atomic E-state index is 11.1. The number of hydrogen-bond acceptors (Lipinski definition) is 4. The van der Waals surface area contributed by atoms with Crippen LogP contribution in [0.2, 0.25) is 0 Å². The summed E-state index contributed by atoms with van der Waals surface area (Å²) in [5, 5.41) is 3.21. The molecule has 4 nitrogen and oxygen atoms in total. The summed E-state index contributed by atoms with van der Waals surface area (Å²) in [5.74, 6) is 2.21. The lowest BCUT2D eigenvalue weighted by Crippen LogP contribution is -2.33. The molecule has 0 aliphatic carbocycles. The van der Waals surface area contributed by atoms with E-state index in [0.29, 0.717) is 12.3 Å². The molecule has 0 saturated carbocycles. The highest BCUT2D eigenvalue weighted by molar-refractivity contribution is 5.54. The number of nitroso groups, excluding NO2 is 1. The molecule has 0 saturated heterocycles. The second kappa shape index (κ2) is 6.42. The Morgan fingerprint density at radius 3 is 2.85 bits per heavy atom. The Morgan fingerprint density at radius 1 is 1.23 bits per heavy atom. The van der Waals surface area contributed by atoms with Crippen LogP contribution in [0.15, 0.2) is 35.5 Å². The Kier molecular flexibility index (Phi) is 4.22. The molecule has 0 bridgehead atoms. The lowest BCUT2D eigenvalue weighted by Gasteiger charge is -2.35. The molecule has 0 amide bonds. The summed E-state index contributed by atoms with van der Waals surface area (Å²) in [7, 11) is 0. The van der Waals surface area contributed by atoms with Gasteiger partial charge in [-0.1, -0.05) is 25.1 Å². The van der Waals surface area contributed by atoms with Crippen molar-refractivity contribution in [1.29, 1.82) is 0 Å². The van der Waals surface area contributed by atoms with Crippen molar-refractivity contribution in [3.63, 3.8) is 0 Å². The Balaban J connectivity index is 1.62. The fourth-order valence-electron chi connectivity index (χ4n) is 4.05. The van der Waals surface area contributed by atoms with Crippen molar-refractivity contribution in [3.8, 4) is 11.5 Å². The predicted molar refractivity (Wildman–Crippen MR) is 103 cm³/mol. The number of hydrogen-bond donors (Lipinski definition) is 0. The molecule has 0 aromatic heterocycles. The molecule has 0 fully saturated rings. The van der Waals surface area contributed by atoms with E-state index in [1.165, 1.54) is 11.1 Å². The first kappa shape index (κ1) is 17.1. The summed E-state index contributed by atoms with van der Waals surface area (Å²) in [4.78, 5) is 11.1. The van der Waals surface area contributed by atoms with E-state index in [1.54, 1.807) is 0 Å². The van der Waals surface area contributed by atoms with Crippen molar-refractivity contribution in [1.82, 2.24) is 0 Å². The molecule has 0 N–H and O–H groups in total. The fourth-order valence-corrected chi connectivity index (χ4v) is 4.05.